The van der Waals surface area contributed by atoms with Gasteiger partial charge in [-0.3, -0.25) is 0 Å². The Morgan fingerprint density at radius 1 is 1.16 bits per heavy atom. The van der Waals surface area contributed by atoms with E-state index in [1.165, 1.54) is 17.5 Å². The summed E-state index contributed by atoms with van der Waals surface area (Å²) in [5.41, 5.74) is 3.29. The van der Waals surface area contributed by atoms with Crippen LogP contribution < -0.4 is 4.74 Å². The Hall–Kier alpha value is -1.61. The van der Waals surface area contributed by atoms with Crippen molar-refractivity contribution < 1.29 is 4.74 Å². The SMILES string of the molecule is CCCc1c(Cl)ncnc1Oc1ccc(C)c(C)c1. The highest BCUT2D eigenvalue weighted by Gasteiger charge is 2.11. The van der Waals surface area contributed by atoms with Crippen LogP contribution in [-0.4, -0.2) is 9.97 Å². The van der Waals surface area contributed by atoms with Gasteiger partial charge in [-0.15, -0.1) is 0 Å². The van der Waals surface area contributed by atoms with Crippen molar-refractivity contribution >= 4 is 11.6 Å². The van der Waals surface area contributed by atoms with Gasteiger partial charge in [0.2, 0.25) is 5.88 Å². The van der Waals surface area contributed by atoms with Crippen molar-refractivity contribution in [1.82, 2.24) is 9.97 Å². The van der Waals surface area contributed by atoms with E-state index in [-0.39, 0.29) is 0 Å². The number of hydrogen-bond acceptors (Lipinski definition) is 3. The van der Waals surface area contributed by atoms with Crippen molar-refractivity contribution in [1.29, 1.82) is 0 Å². The summed E-state index contributed by atoms with van der Waals surface area (Å²) >= 11 is 6.10. The molecular formula is C15H17ClN2O. The van der Waals surface area contributed by atoms with Gasteiger partial charge in [0.1, 0.15) is 17.2 Å². The predicted octanol–water partition coefficient (Wildman–Crippen LogP) is 4.49. The van der Waals surface area contributed by atoms with E-state index >= 15 is 0 Å². The van der Waals surface area contributed by atoms with Crippen LogP contribution in [0.3, 0.4) is 0 Å². The summed E-state index contributed by atoms with van der Waals surface area (Å²) in [7, 11) is 0. The topological polar surface area (TPSA) is 35.0 Å². The highest BCUT2D eigenvalue weighted by molar-refractivity contribution is 6.30. The van der Waals surface area contributed by atoms with Gasteiger partial charge in [0.15, 0.2) is 0 Å². The molecule has 1 heterocycles. The van der Waals surface area contributed by atoms with E-state index in [0.717, 1.165) is 24.2 Å². The van der Waals surface area contributed by atoms with E-state index in [4.69, 9.17) is 16.3 Å². The molecule has 2 rings (SSSR count). The molecule has 0 amide bonds. The van der Waals surface area contributed by atoms with Crippen molar-refractivity contribution in [2.24, 2.45) is 0 Å². The average molecular weight is 277 g/mol. The van der Waals surface area contributed by atoms with Gasteiger partial charge in [-0.1, -0.05) is 31.0 Å². The fourth-order valence-electron chi connectivity index (χ4n) is 1.81. The minimum absolute atomic E-state index is 0.468. The van der Waals surface area contributed by atoms with Crippen LogP contribution >= 0.6 is 11.6 Å². The highest BCUT2D eigenvalue weighted by Crippen LogP contribution is 2.28. The number of benzene rings is 1. The fourth-order valence-corrected chi connectivity index (χ4v) is 2.03. The first-order valence-corrected chi connectivity index (χ1v) is 6.74. The average Bonchev–Trinajstić information content (AvgIpc) is 2.38. The van der Waals surface area contributed by atoms with Gasteiger partial charge in [0, 0.05) is 0 Å². The molecule has 0 atom stereocenters. The first kappa shape index (κ1) is 13.8. The van der Waals surface area contributed by atoms with E-state index in [1.54, 1.807) is 0 Å². The normalized spacial score (nSPS) is 10.5. The lowest BCUT2D eigenvalue weighted by molar-refractivity contribution is 0.453. The van der Waals surface area contributed by atoms with Gasteiger partial charge in [-0.05, 0) is 43.5 Å². The van der Waals surface area contributed by atoms with E-state index in [1.807, 2.05) is 18.2 Å². The second-order valence-corrected chi connectivity index (χ2v) is 4.90. The Balaban J connectivity index is 2.32. The maximum absolute atomic E-state index is 6.10. The number of hydrogen-bond donors (Lipinski definition) is 0. The number of aryl methyl sites for hydroxylation is 2. The second-order valence-electron chi connectivity index (χ2n) is 4.55. The van der Waals surface area contributed by atoms with Gasteiger partial charge >= 0.3 is 0 Å². The minimum atomic E-state index is 0.468. The van der Waals surface area contributed by atoms with Gasteiger partial charge in [-0.25, -0.2) is 9.97 Å². The molecule has 19 heavy (non-hydrogen) atoms. The third-order valence-electron chi connectivity index (χ3n) is 3.05. The van der Waals surface area contributed by atoms with Crippen LogP contribution in [0, 0.1) is 13.8 Å². The van der Waals surface area contributed by atoms with Crippen LogP contribution in [0.2, 0.25) is 5.15 Å². The van der Waals surface area contributed by atoms with Crippen molar-refractivity contribution in [3.05, 3.63) is 46.4 Å². The zero-order chi connectivity index (χ0) is 13.8. The van der Waals surface area contributed by atoms with Crippen LogP contribution in [-0.2, 0) is 6.42 Å². The summed E-state index contributed by atoms with van der Waals surface area (Å²) in [5.74, 6) is 1.32. The summed E-state index contributed by atoms with van der Waals surface area (Å²) in [5, 5.41) is 0.468. The third kappa shape index (κ3) is 3.24. The number of aromatic nitrogens is 2. The van der Waals surface area contributed by atoms with Gasteiger partial charge in [0.25, 0.3) is 0 Å². The third-order valence-corrected chi connectivity index (χ3v) is 3.37. The number of rotatable bonds is 4. The maximum atomic E-state index is 6.10. The molecule has 4 heteroatoms. The zero-order valence-corrected chi connectivity index (χ0v) is 12.2. The Bertz CT molecular complexity index is 584. The molecule has 0 aliphatic heterocycles. The number of ether oxygens (including phenoxy) is 1. The van der Waals surface area contributed by atoms with Crippen molar-refractivity contribution in [2.45, 2.75) is 33.6 Å². The monoisotopic (exact) mass is 276 g/mol. The first-order chi connectivity index (χ1) is 9.11. The van der Waals surface area contributed by atoms with Crippen LogP contribution in [0.1, 0.15) is 30.0 Å². The molecule has 100 valence electrons. The van der Waals surface area contributed by atoms with Gasteiger partial charge in [-0.2, -0.15) is 0 Å². The lowest BCUT2D eigenvalue weighted by atomic mass is 10.1. The molecule has 3 nitrogen and oxygen atoms in total. The zero-order valence-electron chi connectivity index (χ0n) is 11.4. The summed E-state index contributed by atoms with van der Waals surface area (Å²) < 4.78 is 5.84. The largest absolute Gasteiger partial charge is 0.439 e. The molecule has 1 aromatic carbocycles. The molecular weight excluding hydrogens is 260 g/mol. The van der Waals surface area contributed by atoms with Crippen LogP contribution in [0.5, 0.6) is 11.6 Å². The first-order valence-electron chi connectivity index (χ1n) is 6.36. The quantitative estimate of drug-likeness (QED) is 0.772. The Kier molecular flexibility index (Phi) is 4.38. The lowest BCUT2D eigenvalue weighted by Gasteiger charge is -2.11. The Morgan fingerprint density at radius 3 is 2.63 bits per heavy atom. The molecule has 0 saturated heterocycles. The fraction of sp³-hybridized carbons (Fsp3) is 0.333. The van der Waals surface area contributed by atoms with E-state index < -0.39 is 0 Å². The highest BCUT2D eigenvalue weighted by atomic mass is 35.5. The van der Waals surface area contributed by atoms with Gasteiger partial charge < -0.3 is 4.74 Å². The smallest absolute Gasteiger partial charge is 0.227 e. The number of nitrogens with zero attached hydrogens (tertiary/aromatic N) is 2. The maximum Gasteiger partial charge on any atom is 0.227 e. The Morgan fingerprint density at radius 2 is 1.95 bits per heavy atom. The van der Waals surface area contributed by atoms with Crippen molar-refractivity contribution in [3.63, 3.8) is 0 Å². The lowest BCUT2D eigenvalue weighted by Crippen LogP contribution is -1.98. The van der Waals surface area contributed by atoms with Crippen LogP contribution in [0.25, 0.3) is 0 Å². The van der Waals surface area contributed by atoms with Crippen LogP contribution in [0.4, 0.5) is 0 Å². The molecule has 0 aliphatic carbocycles. The van der Waals surface area contributed by atoms with E-state index in [2.05, 4.69) is 30.7 Å². The van der Waals surface area contributed by atoms with Crippen molar-refractivity contribution in [3.8, 4) is 11.6 Å². The predicted molar refractivity (Wildman–Crippen MR) is 77.0 cm³/mol. The summed E-state index contributed by atoms with van der Waals surface area (Å²) in [4.78, 5) is 8.19. The van der Waals surface area contributed by atoms with Gasteiger partial charge in [0.05, 0.1) is 5.56 Å². The molecule has 0 radical (unpaired) electrons. The molecule has 0 N–H and O–H groups in total. The van der Waals surface area contributed by atoms with Crippen LogP contribution in [0.15, 0.2) is 24.5 Å². The summed E-state index contributed by atoms with van der Waals surface area (Å²) in [6.07, 6.45) is 3.20. The Labute approximate surface area is 118 Å². The van der Waals surface area contributed by atoms with E-state index in [9.17, 15) is 0 Å². The standard InChI is InChI=1S/C15H17ClN2O/c1-4-5-13-14(16)17-9-18-15(13)19-12-7-6-10(2)11(3)8-12/h6-9H,4-5H2,1-3H3. The molecule has 0 bridgehead atoms. The molecule has 0 fully saturated rings. The molecule has 0 saturated carbocycles. The molecule has 1 aromatic heterocycles. The van der Waals surface area contributed by atoms with E-state index in [0.29, 0.717) is 11.0 Å². The molecule has 0 aliphatic rings. The summed E-state index contributed by atoms with van der Waals surface area (Å²) in [6.45, 7) is 6.22. The summed E-state index contributed by atoms with van der Waals surface area (Å²) in [6, 6.07) is 5.97. The molecule has 2 aromatic rings. The molecule has 0 unspecified atom stereocenters. The minimum Gasteiger partial charge on any atom is -0.439 e. The molecule has 0 spiro atoms. The van der Waals surface area contributed by atoms with Crippen molar-refractivity contribution in [2.75, 3.05) is 0 Å². The number of halogens is 1. The second kappa shape index (κ2) is 6.02.